The highest BCUT2D eigenvalue weighted by atomic mass is 35.5. The standard InChI is InChI=1S/C21H16ClFN2O4S/c1-12(19(26)25-17-9-6-14(22)11-16(17)23)29-21(28)13-4-7-15(8-5-13)24-20(27)18-3-2-10-30-18/h2-12H,1H3,(H,24,27)(H,25,26). The molecule has 0 aliphatic rings. The van der Waals surface area contributed by atoms with Crippen LogP contribution in [0, 0.1) is 5.82 Å². The number of rotatable bonds is 6. The Morgan fingerprint density at radius 2 is 1.80 bits per heavy atom. The Balaban J connectivity index is 1.56. The molecule has 6 nitrogen and oxygen atoms in total. The normalized spacial score (nSPS) is 11.4. The van der Waals surface area contributed by atoms with Gasteiger partial charge >= 0.3 is 5.97 Å². The first-order valence-corrected chi connectivity index (χ1v) is 10.0. The van der Waals surface area contributed by atoms with Gasteiger partial charge in [0.05, 0.1) is 16.1 Å². The molecule has 9 heteroatoms. The van der Waals surface area contributed by atoms with E-state index < -0.39 is 23.8 Å². The van der Waals surface area contributed by atoms with Crippen LogP contribution in [0.15, 0.2) is 60.0 Å². The van der Waals surface area contributed by atoms with Crippen molar-refractivity contribution < 1.29 is 23.5 Å². The zero-order valence-corrected chi connectivity index (χ0v) is 17.2. The van der Waals surface area contributed by atoms with Crippen LogP contribution < -0.4 is 10.6 Å². The summed E-state index contributed by atoms with van der Waals surface area (Å²) in [5.41, 5.74) is 0.633. The number of halogens is 2. The number of nitrogens with one attached hydrogen (secondary N) is 2. The lowest BCUT2D eigenvalue weighted by Crippen LogP contribution is -2.30. The number of carbonyl (C=O) groups excluding carboxylic acids is 3. The van der Waals surface area contributed by atoms with Gasteiger partial charge in [0.15, 0.2) is 6.10 Å². The maximum absolute atomic E-state index is 13.8. The second-order valence-electron chi connectivity index (χ2n) is 6.17. The molecular formula is C21H16ClFN2O4S. The number of carbonyl (C=O) groups is 3. The summed E-state index contributed by atoms with van der Waals surface area (Å²) >= 11 is 6.99. The van der Waals surface area contributed by atoms with Gasteiger partial charge in [0.2, 0.25) is 0 Å². The number of hydrogen-bond donors (Lipinski definition) is 2. The first kappa shape index (κ1) is 21.5. The van der Waals surface area contributed by atoms with Crippen molar-refractivity contribution in [1.82, 2.24) is 0 Å². The topological polar surface area (TPSA) is 84.5 Å². The van der Waals surface area contributed by atoms with Gasteiger partial charge in [-0.25, -0.2) is 9.18 Å². The SMILES string of the molecule is CC(OC(=O)c1ccc(NC(=O)c2cccs2)cc1)C(=O)Nc1ccc(Cl)cc1F. The largest absolute Gasteiger partial charge is 0.449 e. The van der Waals surface area contributed by atoms with Gasteiger partial charge in [-0.3, -0.25) is 9.59 Å². The summed E-state index contributed by atoms with van der Waals surface area (Å²) in [6.07, 6.45) is -1.16. The highest BCUT2D eigenvalue weighted by Crippen LogP contribution is 2.20. The fourth-order valence-electron chi connectivity index (χ4n) is 2.40. The summed E-state index contributed by atoms with van der Waals surface area (Å²) in [7, 11) is 0. The zero-order valence-electron chi connectivity index (χ0n) is 15.6. The second kappa shape index (κ2) is 9.51. The minimum atomic E-state index is -1.16. The highest BCUT2D eigenvalue weighted by molar-refractivity contribution is 7.12. The monoisotopic (exact) mass is 446 g/mol. The molecule has 30 heavy (non-hydrogen) atoms. The smallest absolute Gasteiger partial charge is 0.338 e. The Morgan fingerprint density at radius 3 is 2.43 bits per heavy atom. The Kier molecular flexibility index (Phi) is 6.81. The van der Waals surface area contributed by atoms with Crippen molar-refractivity contribution in [1.29, 1.82) is 0 Å². The third kappa shape index (κ3) is 5.43. The van der Waals surface area contributed by atoms with Gasteiger partial charge in [-0.2, -0.15) is 0 Å². The molecule has 2 amide bonds. The van der Waals surface area contributed by atoms with Crippen LogP contribution >= 0.6 is 22.9 Å². The molecule has 0 bridgehead atoms. The van der Waals surface area contributed by atoms with Crippen LogP contribution in [-0.2, 0) is 9.53 Å². The lowest BCUT2D eigenvalue weighted by atomic mass is 10.2. The molecule has 1 heterocycles. The number of hydrogen-bond acceptors (Lipinski definition) is 5. The fraction of sp³-hybridized carbons (Fsp3) is 0.0952. The number of thiophene rings is 1. The maximum atomic E-state index is 13.8. The van der Waals surface area contributed by atoms with Gasteiger partial charge in [0.25, 0.3) is 11.8 Å². The van der Waals surface area contributed by atoms with Gasteiger partial charge in [0.1, 0.15) is 5.82 Å². The summed E-state index contributed by atoms with van der Waals surface area (Å²) < 4.78 is 18.9. The molecule has 0 aliphatic heterocycles. The van der Waals surface area contributed by atoms with Crippen molar-refractivity contribution in [2.75, 3.05) is 10.6 Å². The van der Waals surface area contributed by atoms with Crippen molar-refractivity contribution in [3.63, 3.8) is 0 Å². The Hall–Kier alpha value is -3.23. The van der Waals surface area contributed by atoms with Gasteiger partial charge in [-0.1, -0.05) is 17.7 Å². The minimum Gasteiger partial charge on any atom is -0.449 e. The van der Waals surface area contributed by atoms with E-state index in [0.29, 0.717) is 10.6 Å². The molecule has 0 saturated heterocycles. The molecule has 0 saturated carbocycles. The van der Waals surface area contributed by atoms with E-state index in [4.69, 9.17) is 16.3 Å². The average molecular weight is 447 g/mol. The van der Waals surface area contributed by atoms with E-state index in [9.17, 15) is 18.8 Å². The van der Waals surface area contributed by atoms with Crippen molar-refractivity contribution in [2.45, 2.75) is 13.0 Å². The third-order valence-electron chi connectivity index (χ3n) is 3.97. The van der Waals surface area contributed by atoms with Crippen LogP contribution in [-0.4, -0.2) is 23.9 Å². The van der Waals surface area contributed by atoms with E-state index in [1.807, 2.05) is 0 Å². The molecule has 1 unspecified atom stereocenters. The third-order valence-corrected chi connectivity index (χ3v) is 5.07. The number of benzene rings is 2. The molecule has 154 valence electrons. The molecule has 1 atom stereocenters. The highest BCUT2D eigenvalue weighted by Gasteiger charge is 2.20. The van der Waals surface area contributed by atoms with Crippen LogP contribution in [0.3, 0.4) is 0 Å². The lowest BCUT2D eigenvalue weighted by Gasteiger charge is -2.14. The van der Waals surface area contributed by atoms with Crippen LogP contribution in [0.25, 0.3) is 0 Å². The van der Waals surface area contributed by atoms with Gasteiger partial charge < -0.3 is 15.4 Å². The summed E-state index contributed by atoms with van der Waals surface area (Å²) in [6.45, 7) is 1.37. The van der Waals surface area contributed by atoms with Crippen molar-refractivity contribution in [3.8, 4) is 0 Å². The molecule has 0 aliphatic carbocycles. The fourth-order valence-corrected chi connectivity index (χ4v) is 3.18. The Morgan fingerprint density at radius 1 is 1.07 bits per heavy atom. The molecule has 3 aromatic rings. The molecule has 0 radical (unpaired) electrons. The molecule has 1 aromatic heterocycles. The van der Waals surface area contributed by atoms with Crippen LogP contribution in [0.2, 0.25) is 5.02 Å². The van der Waals surface area contributed by atoms with E-state index in [1.165, 1.54) is 42.5 Å². The van der Waals surface area contributed by atoms with Crippen molar-refractivity contribution in [3.05, 3.63) is 81.3 Å². The summed E-state index contributed by atoms with van der Waals surface area (Å²) in [4.78, 5) is 37.0. The lowest BCUT2D eigenvalue weighted by molar-refractivity contribution is -0.123. The maximum Gasteiger partial charge on any atom is 0.338 e. The number of anilines is 2. The molecule has 3 rings (SSSR count). The van der Waals surface area contributed by atoms with Crippen molar-refractivity contribution in [2.24, 2.45) is 0 Å². The van der Waals surface area contributed by atoms with E-state index >= 15 is 0 Å². The molecule has 0 spiro atoms. The van der Waals surface area contributed by atoms with E-state index in [-0.39, 0.29) is 22.2 Å². The van der Waals surface area contributed by atoms with E-state index in [1.54, 1.807) is 29.6 Å². The predicted molar refractivity (Wildman–Crippen MR) is 114 cm³/mol. The van der Waals surface area contributed by atoms with Crippen LogP contribution in [0.1, 0.15) is 27.0 Å². The average Bonchev–Trinajstić information content (AvgIpc) is 3.25. The Bertz CT molecular complexity index is 1070. The molecule has 0 fully saturated rings. The summed E-state index contributed by atoms with van der Waals surface area (Å²) in [6, 6.07) is 13.3. The first-order chi connectivity index (χ1) is 14.3. The van der Waals surface area contributed by atoms with E-state index in [0.717, 1.165) is 6.07 Å². The summed E-state index contributed by atoms with van der Waals surface area (Å²) in [5.74, 6) is -2.37. The van der Waals surface area contributed by atoms with E-state index in [2.05, 4.69) is 10.6 Å². The second-order valence-corrected chi connectivity index (χ2v) is 7.55. The predicted octanol–water partition coefficient (Wildman–Crippen LogP) is 4.98. The quantitative estimate of drug-likeness (QED) is 0.523. The summed E-state index contributed by atoms with van der Waals surface area (Å²) in [5, 5.41) is 7.05. The molecule has 2 N–H and O–H groups in total. The molecule has 2 aromatic carbocycles. The zero-order chi connectivity index (χ0) is 21.7. The number of esters is 1. The van der Waals surface area contributed by atoms with Crippen LogP contribution in [0.5, 0.6) is 0 Å². The Labute approximate surface area is 180 Å². The van der Waals surface area contributed by atoms with Gasteiger partial charge in [0, 0.05) is 10.7 Å². The minimum absolute atomic E-state index is 0.0712. The van der Waals surface area contributed by atoms with Gasteiger partial charge in [-0.15, -0.1) is 11.3 Å². The number of ether oxygens (including phenoxy) is 1. The van der Waals surface area contributed by atoms with Crippen LogP contribution in [0.4, 0.5) is 15.8 Å². The van der Waals surface area contributed by atoms with Gasteiger partial charge in [-0.05, 0) is 60.8 Å². The number of amides is 2. The molecular weight excluding hydrogens is 431 g/mol. The first-order valence-electron chi connectivity index (χ1n) is 8.75. The van der Waals surface area contributed by atoms with Crippen molar-refractivity contribution >= 4 is 52.1 Å².